The maximum absolute atomic E-state index is 4.89. The summed E-state index contributed by atoms with van der Waals surface area (Å²) in [4.78, 5) is 8.54. The van der Waals surface area contributed by atoms with Crippen molar-refractivity contribution in [3.05, 3.63) is 22.8 Å². The van der Waals surface area contributed by atoms with Crippen molar-refractivity contribution in [3.8, 4) is 0 Å². The number of anilines is 1. The molecule has 0 amide bonds. The van der Waals surface area contributed by atoms with Crippen LogP contribution in [0.3, 0.4) is 0 Å². The Morgan fingerprint density at radius 1 is 1.44 bits per heavy atom. The molecule has 0 spiro atoms. The lowest BCUT2D eigenvalue weighted by Gasteiger charge is -1.98. The molecular weight excluding hydrogens is 224 g/mol. The van der Waals surface area contributed by atoms with Crippen molar-refractivity contribution in [1.82, 2.24) is 15.1 Å². The average molecular weight is 238 g/mol. The van der Waals surface area contributed by atoms with Gasteiger partial charge in [-0.2, -0.15) is 4.98 Å². The van der Waals surface area contributed by atoms with E-state index in [0.717, 1.165) is 36.0 Å². The van der Waals surface area contributed by atoms with Crippen molar-refractivity contribution in [2.24, 2.45) is 0 Å². The summed E-state index contributed by atoms with van der Waals surface area (Å²) in [5, 5.41) is 10.1. The van der Waals surface area contributed by atoms with Crippen molar-refractivity contribution in [1.29, 1.82) is 0 Å². The smallest absolute Gasteiger partial charge is 0.223 e. The summed E-state index contributed by atoms with van der Waals surface area (Å²) >= 11 is 1.63. The van der Waals surface area contributed by atoms with Crippen molar-refractivity contribution < 1.29 is 4.52 Å². The molecule has 0 aliphatic rings. The minimum atomic E-state index is 0.609. The molecule has 2 rings (SSSR count). The van der Waals surface area contributed by atoms with Gasteiger partial charge in [0.15, 0.2) is 11.0 Å². The summed E-state index contributed by atoms with van der Waals surface area (Å²) in [7, 11) is 0. The summed E-state index contributed by atoms with van der Waals surface area (Å²) in [6.45, 7) is 4.66. The van der Waals surface area contributed by atoms with Gasteiger partial charge in [0.25, 0.3) is 0 Å². The third kappa shape index (κ3) is 2.79. The van der Waals surface area contributed by atoms with E-state index in [2.05, 4.69) is 32.7 Å². The summed E-state index contributed by atoms with van der Waals surface area (Å²) < 4.78 is 4.89. The molecule has 0 unspecified atom stereocenters. The number of aryl methyl sites for hydroxylation is 2. The van der Waals surface area contributed by atoms with Crippen molar-refractivity contribution in [2.45, 2.75) is 26.7 Å². The Morgan fingerprint density at radius 2 is 2.31 bits per heavy atom. The van der Waals surface area contributed by atoms with E-state index in [0.29, 0.717) is 5.89 Å². The van der Waals surface area contributed by atoms with Crippen LogP contribution in [0.5, 0.6) is 0 Å². The zero-order chi connectivity index (χ0) is 11.4. The first-order valence-electron chi connectivity index (χ1n) is 5.25. The molecule has 5 nitrogen and oxygen atoms in total. The van der Waals surface area contributed by atoms with Crippen LogP contribution in [-0.4, -0.2) is 21.7 Å². The molecule has 1 N–H and O–H groups in total. The highest BCUT2D eigenvalue weighted by Gasteiger charge is 2.03. The van der Waals surface area contributed by atoms with Crippen LogP contribution in [0.15, 0.2) is 9.90 Å². The van der Waals surface area contributed by atoms with Crippen LogP contribution in [0.25, 0.3) is 0 Å². The second-order valence-electron chi connectivity index (χ2n) is 3.40. The SMILES string of the molecule is CCc1csc(NCCc2noc(C)n2)n1. The van der Waals surface area contributed by atoms with E-state index in [1.807, 2.05) is 0 Å². The lowest BCUT2D eigenvalue weighted by atomic mass is 10.4. The molecule has 0 aliphatic heterocycles. The zero-order valence-corrected chi connectivity index (χ0v) is 10.2. The Bertz CT molecular complexity index is 451. The summed E-state index contributed by atoms with van der Waals surface area (Å²) in [6.07, 6.45) is 1.72. The van der Waals surface area contributed by atoms with Crippen LogP contribution in [0.1, 0.15) is 24.3 Å². The fraction of sp³-hybridized carbons (Fsp3) is 0.500. The van der Waals surface area contributed by atoms with Gasteiger partial charge in [-0.15, -0.1) is 11.3 Å². The lowest BCUT2D eigenvalue weighted by molar-refractivity contribution is 0.387. The molecule has 2 aromatic rings. The molecular formula is C10H14N4OS. The van der Waals surface area contributed by atoms with E-state index in [9.17, 15) is 0 Å². The van der Waals surface area contributed by atoms with Crippen LogP contribution in [0.2, 0.25) is 0 Å². The predicted molar refractivity (Wildman–Crippen MR) is 62.7 cm³/mol. The highest BCUT2D eigenvalue weighted by molar-refractivity contribution is 7.13. The standard InChI is InChI=1S/C10H14N4OS/c1-3-8-6-16-10(13-8)11-5-4-9-12-7(2)15-14-9/h6H,3-5H2,1-2H3,(H,11,13). The molecule has 0 saturated carbocycles. The zero-order valence-electron chi connectivity index (χ0n) is 9.36. The molecule has 0 radical (unpaired) electrons. The molecule has 0 aromatic carbocycles. The lowest BCUT2D eigenvalue weighted by Crippen LogP contribution is -2.05. The van der Waals surface area contributed by atoms with Gasteiger partial charge < -0.3 is 9.84 Å². The topological polar surface area (TPSA) is 63.8 Å². The Morgan fingerprint density at radius 3 is 2.94 bits per heavy atom. The predicted octanol–water partition coefficient (Wildman–Crippen LogP) is 2.05. The van der Waals surface area contributed by atoms with Crippen LogP contribution in [-0.2, 0) is 12.8 Å². The van der Waals surface area contributed by atoms with E-state index >= 15 is 0 Å². The number of aromatic nitrogens is 3. The van der Waals surface area contributed by atoms with E-state index < -0.39 is 0 Å². The second kappa shape index (κ2) is 5.07. The molecule has 0 aliphatic carbocycles. The van der Waals surface area contributed by atoms with Crippen LogP contribution < -0.4 is 5.32 Å². The molecule has 6 heteroatoms. The Balaban J connectivity index is 1.79. The van der Waals surface area contributed by atoms with Crippen LogP contribution in [0, 0.1) is 6.92 Å². The monoisotopic (exact) mass is 238 g/mol. The van der Waals surface area contributed by atoms with Crippen molar-refractivity contribution in [3.63, 3.8) is 0 Å². The largest absolute Gasteiger partial charge is 0.361 e. The van der Waals surface area contributed by atoms with E-state index in [-0.39, 0.29) is 0 Å². The van der Waals surface area contributed by atoms with Gasteiger partial charge in [-0.05, 0) is 6.42 Å². The maximum Gasteiger partial charge on any atom is 0.223 e. The molecule has 16 heavy (non-hydrogen) atoms. The number of hydrogen-bond acceptors (Lipinski definition) is 6. The highest BCUT2D eigenvalue weighted by atomic mass is 32.1. The summed E-state index contributed by atoms with van der Waals surface area (Å²) in [6, 6.07) is 0. The fourth-order valence-electron chi connectivity index (χ4n) is 1.27. The maximum atomic E-state index is 4.89. The Labute approximate surface area is 97.9 Å². The Hall–Kier alpha value is -1.43. The van der Waals surface area contributed by atoms with Gasteiger partial charge in [-0.25, -0.2) is 4.98 Å². The molecule has 86 valence electrons. The quantitative estimate of drug-likeness (QED) is 0.863. The molecule has 0 bridgehead atoms. The number of hydrogen-bond donors (Lipinski definition) is 1. The first-order chi connectivity index (χ1) is 7.78. The van der Waals surface area contributed by atoms with Gasteiger partial charge in [0.1, 0.15) is 0 Å². The van der Waals surface area contributed by atoms with Gasteiger partial charge in [0, 0.05) is 25.3 Å². The van der Waals surface area contributed by atoms with Crippen LogP contribution >= 0.6 is 11.3 Å². The van der Waals surface area contributed by atoms with Gasteiger partial charge in [0.2, 0.25) is 5.89 Å². The molecule has 0 saturated heterocycles. The second-order valence-corrected chi connectivity index (χ2v) is 4.26. The average Bonchev–Trinajstić information content (AvgIpc) is 2.88. The van der Waals surface area contributed by atoms with E-state index in [1.54, 1.807) is 18.3 Å². The van der Waals surface area contributed by atoms with Gasteiger partial charge in [-0.1, -0.05) is 12.1 Å². The third-order valence-electron chi connectivity index (χ3n) is 2.11. The van der Waals surface area contributed by atoms with E-state index in [1.165, 1.54) is 0 Å². The third-order valence-corrected chi connectivity index (χ3v) is 2.96. The van der Waals surface area contributed by atoms with Gasteiger partial charge in [0.05, 0.1) is 5.69 Å². The molecule has 0 fully saturated rings. The van der Waals surface area contributed by atoms with Crippen molar-refractivity contribution in [2.75, 3.05) is 11.9 Å². The number of nitrogens with zero attached hydrogens (tertiary/aromatic N) is 3. The normalized spacial score (nSPS) is 10.6. The summed E-state index contributed by atoms with van der Waals surface area (Å²) in [5.74, 6) is 1.34. The minimum Gasteiger partial charge on any atom is -0.361 e. The molecule has 0 atom stereocenters. The first kappa shape index (κ1) is 11.1. The minimum absolute atomic E-state index is 0.609. The highest BCUT2D eigenvalue weighted by Crippen LogP contribution is 2.15. The van der Waals surface area contributed by atoms with Gasteiger partial charge >= 0.3 is 0 Å². The van der Waals surface area contributed by atoms with Crippen LogP contribution in [0.4, 0.5) is 5.13 Å². The number of nitrogens with one attached hydrogen (secondary N) is 1. The van der Waals surface area contributed by atoms with E-state index in [4.69, 9.17) is 4.52 Å². The fourth-order valence-corrected chi connectivity index (χ4v) is 2.10. The van der Waals surface area contributed by atoms with Crippen molar-refractivity contribution >= 4 is 16.5 Å². The molecule has 2 aromatic heterocycles. The number of rotatable bonds is 5. The molecule has 2 heterocycles. The summed E-state index contributed by atoms with van der Waals surface area (Å²) in [5.41, 5.74) is 1.13. The first-order valence-corrected chi connectivity index (χ1v) is 6.13. The Kier molecular flexibility index (Phi) is 3.51. The van der Waals surface area contributed by atoms with Gasteiger partial charge in [-0.3, -0.25) is 0 Å². The number of thiazole rings is 1.